The van der Waals surface area contributed by atoms with E-state index in [-0.39, 0.29) is 23.8 Å². The van der Waals surface area contributed by atoms with Crippen LogP contribution in [0.25, 0.3) is 0 Å². The molecule has 23 heavy (non-hydrogen) atoms. The van der Waals surface area contributed by atoms with Crippen molar-refractivity contribution in [3.63, 3.8) is 0 Å². The van der Waals surface area contributed by atoms with Gasteiger partial charge in [-0.3, -0.25) is 9.59 Å². The molecule has 0 aliphatic carbocycles. The maximum Gasteiger partial charge on any atom is 0.240 e. The largest absolute Gasteiger partial charge is 0.339 e. The van der Waals surface area contributed by atoms with E-state index >= 15 is 0 Å². The quantitative estimate of drug-likeness (QED) is 0.887. The van der Waals surface area contributed by atoms with Gasteiger partial charge in [0.25, 0.3) is 0 Å². The molecule has 2 heterocycles. The molecule has 1 saturated heterocycles. The SMILES string of the molecule is CC(C)C(=O)N1CCN(C(=O)C2Cc3ccccc3CN2)CC1. The summed E-state index contributed by atoms with van der Waals surface area (Å²) < 4.78 is 0. The molecule has 3 rings (SSSR count). The van der Waals surface area contributed by atoms with Crippen LogP contribution in [0.5, 0.6) is 0 Å². The highest BCUT2D eigenvalue weighted by molar-refractivity contribution is 5.83. The number of benzene rings is 1. The van der Waals surface area contributed by atoms with Gasteiger partial charge in [-0.2, -0.15) is 0 Å². The molecule has 0 bridgehead atoms. The average Bonchev–Trinajstić information content (AvgIpc) is 2.60. The Labute approximate surface area is 137 Å². The van der Waals surface area contributed by atoms with Crippen LogP contribution in [0.1, 0.15) is 25.0 Å². The van der Waals surface area contributed by atoms with Gasteiger partial charge in [-0.05, 0) is 17.5 Å². The number of nitrogens with zero attached hydrogens (tertiary/aromatic N) is 2. The Morgan fingerprint density at radius 3 is 2.30 bits per heavy atom. The standard InChI is InChI=1S/C18H25N3O2/c1-13(2)17(22)20-7-9-21(10-8-20)18(23)16-11-14-5-3-4-6-15(14)12-19-16/h3-6,13,16,19H,7-12H2,1-2H3. The van der Waals surface area contributed by atoms with Crippen LogP contribution in [-0.4, -0.2) is 53.8 Å². The molecular weight excluding hydrogens is 290 g/mol. The van der Waals surface area contributed by atoms with E-state index in [1.54, 1.807) is 0 Å². The Morgan fingerprint density at radius 1 is 1.04 bits per heavy atom. The highest BCUT2D eigenvalue weighted by Crippen LogP contribution is 2.18. The van der Waals surface area contributed by atoms with E-state index in [2.05, 4.69) is 17.4 Å². The maximum atomic E-state index is 12.7. The summed E-state index contributed by atoms with van der Waals surface area (Å²) in [5, 5.41) is 3.35. The van der Waals surface area contributed by atoms with E-state index in [1.165, 1.54) is 11.1 Å². The molecule has 1 aromatic carbocycles. The Morgan fingerprint density at radius 2 is 1.65 bits per heavy atom. The van der Waals surface area contributed by atoms with Gasteiger partial charge in [-0.15, -0.1) is 0 Å². The lowest BCUT2D eigenvalue weighted by Crippen LogP contribution is -2.56. The number of piperazine rings is 1. The predicted octanol–water partition coefficient (Wildman–Crippen LogP) is 1.03. The van der Waals surface area contributed by atoms with Crippen LogP contribution in [0.2, 0.25) is 0 Å². The molecule has 2 aliphatic heterocycles. The minimum Gasteiger partial charge on any atom is -0.339 e. The highest BCUT2D eigenvalue weighted by Gasteiger charge is 2.31. The lowest BCUT2D eigenvalue weighted by Gasteiger charge is -2.38. The van der Waals surface area contributed by atoms with Crippen LogP contribution in [0.15, 0.2) is 24.3 Å². The molecule has 0 radical (unpaired) electrons. The zero-order valence-corrected chi connectivity index (χ0v) is 13.9. The van der Waals surface area contributed by atoms with Gasteiger partial charge in [0.05, 0.1) is 6.04 Å². The van der Waals surface area contributed by atoms with Crippen LogP contribution in [0.4, 0.5) is 0 Å². The zero-order chi connectivity index (χ0) is 16.4. The lowest BCUT2D eigenvalue weighted by atomic mass is 9.95. The van der Waals surface area contributed by atoms with Crippen molar-refractivity contribution in [2.75, 3.05) is 26.2 Å². The van der Waals surface area contributed by atoms with Gasteiger partial charge in [-0.25, -0.2) is 0 Å². The van der Waals surface area contributed by atoms with Gasteiger partial charge in [-0.1, -0.05) is 38.1 Å². The molecule has 2 aliphatic rings. The van der Waals surface area contributed by atoms with Crippen molar-refractivity contribution in [3.05, 3.63) is 35.4 Å². The van der Waals surface area contributed by atoms with Crippen LogP contribution < -0.4 is 5.32 Å². The van der Waals surface area contributed by atoms with Crippen LogP contribution in [0.3, 0.4) is 0 Å². The molecule has 1 aromatic rings. The van der Waals surface area contributed by atoms with Crippen molar-refractivity contribution in [3.8, 4) is 0 Å². The second-order valence-electron chi connectivity index (χ2n) is 6.71. The van der Waals surface area contributed by atoms with E-state index in [1.807, 2.05) is 35.8 Å². The van der Waals surface area contributed by atoms with Gasteiger partial charge < -0.3 is 15.1 Å². The number of carbonyl (C=O) groups excluding carboxylic acids is 2. The van der Waals surface area contributed by atoms with E-state index in [0.29, 0.717) is 26.2 Å². The molecule has 5 nitrogen and oxygen atoms in total. The lowest BCUT2D eigenvalue weighted by molar-refractivity contribution is -0.142. The predicted molar refractivity (Wildman–Crippen MR) is 88.8 cm³/mol. The van der Waals surface area contributed by atoms with Gasteiger partial charge in [0.15, 0.2) is 0 Å². The maximum absolute atomic E-state index is 12.7. The number of rotatable bonds is 2. The molecule has 0 aromatic heterocycles. The number of amides is 2. The van der Waals surface area contributed by atoms with E-state index in [9.17, 15) is 9.59 Å². The summed E-state index contributed by atoms with van der Waals surface area (Å²) in [4.78, 5) is 28.5. The van der Waals surface area contributed by atoms with Crippen LogP contribution in [-0.2, 0) is 22.6 Å². The van der Waals surface area contributed by atoms with Gasteiger partial charge in [0, 0.05) is 38.6 Å². The third-order valence-corrected chi connectivity index (χ3v) is 4.78. The van der Waals surface area contributed by atoms with Crippen molar-refractivity contribution in [1.82, 2.24) is 15.1 Å². The fourth-order valence-electron chi connectivity index (χ4n) is 3.36. The number of nitrogens with one attached hydrogen (secondary N) is 1. The minimum absolute atomic E-state index is 0.0220. The van der Waals surface area contributed by atoms with Gasteiger partial charge >= 0.3 is 0 Å². The first kappa shape index (κ1) is 16.0. The van der Waals surface area contributed by atoms with E-state index in [4.69, 9.17) is 0 Å². The second-order valence-corrected chi connectivity index (χ2v) is 6.71. The molecular formula is C18H25N3O2. The topological polar surface area (TPSA) is 52.7 Å². The number of hydrogen-bond donors (Lipinski definition) is 1. The van der Waals surface area contributed by atoms with E-state index < -0.39 is 0 Å². The molecule has 1 N–H and O–H groups in total. The summed E-state index contributed by atoms with van der Waals surface area (Å²) in [5.41, 5.74) is 2.54. The minimum atomic E-state index is -0.141. The number of carbonyl (C=O) groups is 2. The van der Waals surface area contributed by atoms with Crippen LogP contribution in [0, 0.1) is 5.92 Å². The van der Waals surface area contributed by atoms with E-state index in [0.717, 1.165) is 13.0 Å². The van der Waals surface area contributed by atoms with Crippen LogP contribution >= 0.6 is 0 Å². The summed E-state index contributed by atoms with van der Waals surface area (Å²) in [6, 6.07) is 8.14. The Bertz CT molecular complexity index is 592. The number of hydrogen-bond acceptors (Lipinski definition) is 3. The Hall–Kier alpha value is -1.88. The molecule has 1 unspecified atom stereocenters. The smallest absolute Gasteiger partial charge is 0.240 e. The summed E-state index contributed by atoms with van der Waals surface area (Å²) in [7, 11) is 0. The Kier molecular flexibility index (Phi) is 4.66. The van der Waals surface area contributed by atoms with Crippen molar-refractivity contribution >= 4 is 11.8 Å². The molecule has 1 fully saturated rings. The summed E-state index contributed by atoms with van der Waals surface area (Å²) in [6.07, 6.45) is 0.750. The molecule has 0 spiro atoms. The fourth-order valence-corrected chi connectivity index (χ4v) is 3.36. The van der Waals surface area contributed by atoms with Gasteiger partial charge in [0.1, 0.15) is 0 Å². The summed E-state index contributed by atoms with van der Waals surface area (Å²) >= 11 is 0. The molecule has 0 saturated carbocycles. The molecule has 5 heteroatoms. The first-order valence-electron chi connectivity index (χ1n) is 8.44. The third kappa shape index (κ3) is 3.39. The highest BCUT2D eigenvalue weighted by atomic mass is 16.2. The fraction of sp³-hybridized carbons (Fsp3) is 0.556. The monoisotopic (exact) mass is 315 g/mol. The molecule has 124 valence electrons. The summed E-state index contributed by atoms with van der Waals surface area (Å²) in [5.74, 6) is 0.367. The Balaban J connectivity index is 1.57. The first-order valence-corrected chi connectivity index (χ1v) is 8.44. The molecule has 2 amide bonds. The third-order valence-electron chi connectivity index (χ3n) is 4.78. The average molecular weight is 315 g/mol. The normalized spacial score (nSPS) is 21.3. The van der Waals surface area contributed by atoms with Crippen molar-refractivity contribution in [2.45, 2.75) is 32.9 Å². The summed E-state index contributed by atoms with van der Waals surface area (Å²) in [6.45, 7) is 7.15. The van der Waals surface area contributed by atoms with Crippen molar-refractivity contribution in [1.29, 1.82) is 0 Å². The molecule has 1 atom stereocenters. The zero-order valence-electron chi connectivity index (χ0n) is 13.9. The van der Waals surface area contributed by atoms with Crippen molar-refractivity contribution in [2.24, 2.45) is 5.92 Å². The second kappa shape index (κ2) is 6.71. The van der Waals surface area contributed by atoms with Crippen molar-refractivity contribution < 1.29 is 9.59 Å². The van der Waals surface area contributed by atoms with Gasteiger partial charge in [0.2, 0.25) is 11.8 Å². The first-order chi connectivity index (χ1) is 11.1. The number of fused-ring (bicyclic) bond motifs is 1.